The summed E-state index contributed by atoms with van der Waals surface area (Å²) >= 11 is 0. The van der Waals surface area contributed by atoms with Gasteiger partial charge in [-0.15, -0.1) is 12.4 Å². The first-order chi connectivity index (χ1) is 6.49. The molecule has 0 aromatic rings. The van der Waals surface area contributed by atoms with E-state index in [1.807, 2.05) is 0 Å². The highest BCUT2D eigenvalue weighted by Crippen LogP contribution is 2.21. The number of halogens is 4. The van der Waals surface area contributed by atoms with E-state index in [9.17, 15) is 18.0 Å². The number of hydrogen-bond acceptors (Lipinski definition) is 2. The van der Waals surface area contributed by atoms with Gasteiger partial charge >= 0.3 is 6.18 Å². The summed E-state index contributed by atoms with van der Waals surface area (Å²) in [5.41, 5.74) is 0. The predicted octanol–water partition coefficient (Wildman–Crippen LogP) is 1.18. The molecule has 1 aliphatic rings. The average Bonchev–Trinajstić information content (AvgIpc) is 2.14. The summed E-state index contributed by atoms with van der Waals surface area (Å²) in [5.74, 6) is -0.399. The monoisotopic (exact) mass is 246 g/mol. The van der Waals surface area contributed by atoms with Crippen LogP contribution < -0.4 is 5.32 Å². The van der Waals surface area contributed by atoms with Crippen LogP contribution in [0.4, 0.5) is 13.2 Å². The highest BCUT2D eigenvalue weighted by atomic mass is 35.5. The molecule has 15 heavy (non-hydrogen) atoms. The molecule has 0 spiro atoms. The maximum atomic E-state index is 11.8. The molecule has 1 aliphatic heterocycles. The number of carbonyl (C=O) groups excluding carboxylic acids is 1. The minimum absolute atomic E-state index is 0. The molecule has 1 saturated heterocycles. The number of rotatable bonds is 2. The highest BCUT2D eigenvalue weighted by molar-refractivity contribution is 5.85. The zero-order chi connectivity index (χ0) is 10.6. The number of piperazine rings is 1. The van der Waals surface area contributed by atoms with Crippen LogP contribution in [0.3, 0.4) is 0 Å². The Morgan fingerprint density at radius 2 is 1.80 bits per heavy atom. The Balaban J connectivity index is 0.00000196. The Morgan fingerprint density at radius 3 is 2.27 bits per heavy atom. The molecule has 0 atom stereocenters. The Labute approximate surface area is 92.4 Å². The molecule has 1 rings (SSSR count). The summed E-state index contributed by atoms with van der Waals surface area (Å²) in [6, 6.07) is 0. The van der Waals surface area contributed by atoms with Crippen LogP contribution in [-0.4, -0.2) is 43.2 Å². The molecule has 1 amide bonds. The number of amides is 1. The van der Waals surface area contributed by atoms with Gasteiger partial charge in [0.2, 0.25) is 5.91 Å². The highest BCUT2D eigenvalue weighted by Gasteiger charge is 2.29. The zero-order valence-electron chi connectivity index (χ0n) is 8.14. The average molecular weight is 247 g/mol. The van der Waals surface area contributed by atoms with Gasteiger partial charge in [-0.05, 0) is 0 Å². The van der Waals surface area contributed by atoms with Gasteiger partial charge in [0, 0.05) is 32.6 Å². The minimum atomic E-state index is -4.23. The summed E-state index contributed by atoms with van der Waals surface area (Å²) < 4.78 is 35.4. The van der Waals surface area contributed by atoms with E-state index in [2.05, 4.69) is 5.32 Å². The SMILES string of the molecule is Cl.O=C(CCC(F)(F)F)N1CCNCC1. The van der Waals surface area contributed by atoms with Gasteiger partial charge in [0.05, 0.1) is 6.42 Å². The lowest BCUT2D eigenvalue weighted by Gasteiger charge is -2.27. The molecule has 0 bridgehead atoms. The van der Waals surface area contributed by atoms with Crippen molar-refractivity contribution in [3.05, 3.63) is 0 Å². The molecular weight excluding hydrogens is 233 g/mol. The van der Waals surface area contributed by atoms with Crippen LogP contribution in [0.2, 0.25) is 0 Å². The first-order valence-corrected chi connectivity index (χ1v) is 4.54. The molecule has 7 heteroatoms. The molecule has 90 valence electrons. The topological polar surface area (TPSA) is 32.3 Å². The van der Waals surface area contributed by atoms with Crippen LogP contribution in [0.5, 0.6) is 0 Å². The zero-order valence-corrected chi connectivity index (χ0v) is 8.96. The molecule has 0 aromatic heterocycles. The van der Waals surface area contributed by atoms with Gasteiger partial charge in [0.1, 0.15) is 0 Å². The molecule has 0 unspecified atom stereocenters. The Kier molecular flexibility index (Phi) is 5.97. The first kappa shape index (κ1) is 14.5. The third kappa shape index (κ3) is 5.84. The van der Waals surface area contributed by atoms with Crippen LogP contribution in [0.15, 0.2) is 0 Å². The molecule has 0 saturated carbocycles. The maximum Gasteiger partial charge on any atom is 0.389 e. The van der Waals surface area contributed by atoms with Gasteiger partial charge in [-0.25, -0.2) is 0 Å². The number of carbonyl (C=O) groups is 1. The molecule has 0 radical (unpaired) electrons. The smallest absolute Gasteiger partial charge is 0.340 e. The predicted molar refractivity (Wildman–Crippen MR) is 52.0 cm³/mol. The normalized spacial score (nSPS) is 17.1. The van der Waals surface area contributed by atoms with Crippen molar-refractivity contribution < 1.29 is 18.0 Å². The van der Waals surface area contributed by atoms with Gasteiger partial charge in [0.15, 0.2) is 0 Å². The lowest BCUT2D eigenvalue weighted by molar-refractivity contribution is -0.149. The van der Waals surface area contributed by atoms with E-state index in [1.165, 1.54) is 4.90 Å². The van der Waals surface area contributed by atoms with Crippen molar-refractivity contribution in [2.45, 2.75) is 19.0 Å². The molecular formula is C8H14ClF3N2O. The minimum Gasteiger partial charge on any atom is -0.340 e. The van der Waals surface area contributed by atoms with Gasteiger partial charge in [-0.1, -0.05) is 0 Å². The van der Waals surface area contributed by atoms with E-state index in [1.54, 1.807) is 0 Å². The second-order valence-corrected chi connectivity index (χ2v) is 3.25. The largest absolute Gasteiger partial charge is 0.389 e. The number of hydrogen-bond donors (Lipinski definition) is 1. The van der Waals surface area contributed by atoms with Crippen LogP contribution in [-0.2, 0) is 4.79 Å². The van der Waals surface area contributed by atoms with Gasteiger partial charge in [0.25, 0.3) is 0 Å². The van der Waals surface area contributed by atoms with Crippen LogP contribution >= 0.6 is 12.4 Å². The van der Waals surface area contributed by atoms with E-state index >= 15 is 0 Å². The molecule has 0 aliphatic carbocycles. The van der Waals surface area contributed by atoms with Gasteiger partial charge in [-0.2, -0.15) is 13.2 Å². The van der Waals surface area contributed by atoms with Crippen molar-refractivity contribution in [1.29, 1.82) is 0 Å². The van der Waals surface area contributed by atoms with E-state index in [-0.39, 0.29) is 12.4 Å². The van der Waals surface area contributed by atoms with Crippen molar-refractivity contribution in [2.24, 2.45) is 0 Å². The fraction of sp³-hybridized carbons (Fsp3) is 0.875. The van der Waals surface area contributed by atoms with E-state index < -0.39 is 24.9 Å². The molecule has 1 heterocycles. The fourth-order valence-electron chi connectivity index (χ4n) is 1.32. The summed E-state index contributed by atoms with van der Waals surface area (Å²) in [7, 11) is 0. The van der Waals surface area contributed by atoms with Crippen LogP contribution in [0.25, 0.3) is 0 Å². The summed E-state index contributed by atoms with van der Waals surface area (Å²) in [5, 5.41) is 3.03. The summed E-state index contributed by atoms with van der Waals surface area (Å²) in [6.45, 7) is 2.35. The van der Waals surface area contributed by atoms with Crippen molar-refractivity contribution in [1.82, 2.24) is 10.2 Å². The first-order valence-electron chi connectivity index (χ1n) is 4.54. The third-order valence-corrected chi connectivity index (χ3v) is 2.09. The van der Waals surface area contributed by atoms with Gasteiger partial charge < -0.3 is 10.2 Å². The number of nitrogens with zero attached hydrogens (tertiary/aromatic N) is 1. The fourth-order valence-corrected chi connectivity index (χ4v) is 1.32. The van der Waals surface area contributed by atoms with Crippen molar-refractivity contribution in [3.8, 4) is 0 Å². The Morgan fingerprint density at radius 1 is 1.27 bits per heavy atom. The van der Waals surface area contributed by atoms with E-state index in [4.69, 9.17) is 0 Å². The third-order valence-electron chi connectivity index (χ3n) is 2.09. The maximum absolute atomic E-state index is 11.8. The van der Waals surface area contributed by atoms with Gasteiger partial charge in [-0.3, -0.25) is 4.79 Å². The lowest BCUT2D eigenvalue weighted by atomic mass is 10.2. The molecule has 1 N–H and O–H groups in total. The van der Waals surface area contributed by atoms with Crippen LogP contribution in [0, 0.1) is 0 Å². The quantitative estimate of drug-likeness (QED) is 0.794. The van der Waals surface area contributed by atoms with E-state index in [0.717, 1.165) is 0 Å². The molecule has 1 fully saturated rings. The Hall–Kier alpha value is -0.490. The Bertz CT molecular complexity index is 205. The van der Waals surface area contributed by atoms with Crippen molar-refractivity contribution in [3.63, 3.8) is 0 Å². The number of nitrogens with one attached hydrogen (secondary N) is 1. The second-order valence-electron chi connectivity index (χ2n) is 3.25. The molecule has 3 nitrogen and oxygen atoms in total. The standard InChI is InChI=1S/C8H13F3N2O.ClH/c9-8(10,11)2-1-7(14)13-5-3-12-4-6-13;/h12H,1-6H2;1H. The van der Waals surface area contributed by atoms with Crippen molar-refractivity contribution in [2.75, 3.05) is 26.2 Å². The lowest BCUT2D eigenvalue weighted by Crippen LogP contribution is -2.46. The van der Waals surface area contributed by atoms with Crippen LogP contribution in [0.1, 0.15) is 12.8 Å². The second kappa shape index (κ2) is 6.17. The van der Waals surface area contributed by atoms with Crippen molar-refractivity contribution >= 4 is 18.3 Å². The number of alkyl halides is 3. The summed E-state index contributed by atoms with van der Waals surface area (Å²) in [4.78, 5) is 12.7. The molecule has 0 aromatic carbocycles. The van der Waals surface area contributed by atoms with E-state index in [0.29, 0.717) is 26.2 Å². The summed E-state index contributed by atoms with van der Waals surface area (Å²) in [6.07, 6.45) is -5.68.